The van der Waals surface area contributed by atoms with Gasteiger partial charge in [-0.3, -0.25) is 4.90 Å². The first-order valence-electron chi connectivity index (χ1n) is 5.61. The van der Waals surface area contributed by atoms with E-state index in [9.17, 15) is 0 Å². The van der Waals surface area contributed by atoms with Crippen LogP contribution in [0.4, 0.5) is 0 Å². The molecule has 1 saturated carbocycles. The van der Waals surface area contributed by atoms with Crippen molar-refractivity contribution in [1.82, 2.24) is 10.1 Å². The molecule has 0 amide bonds. The quantitative estimate of drug-likeness (QED) is 0.795. The van der Waals surface area contributed by atoms with Crippen molar-refractivity contribution in [2.45, 2.75) is 32.4 Å². The average Bonchev–Trinajstić information content (AvgIpc) is 2.59. The molecule has 1 aliphatic rings. The first-order chi connectivity index (χ1) is 7.28. The highest BCUT2D eigenvalue weighted by Crippen LogP contribution is 2.27. The van der Waals surface area contributed by atoms with Crippen LogP contribution in [0.2, 0.25) is 0 Å². The van der Waals surface area contributed by atoms with Crippen LogP contribution in [0.1, 0.15) is 30.7 Å². The summed E-state index contributed by atoms with van der Waals surface area (Å²) < 4.78 is 5.19. The molecule has 1 fully saturated rings. The summed E-state index contributed by atoms with van der Waals surface area (Å²) in [6.45, 7) is 2.46. The molecule has 4 heteroatoms. The molecule has 15 heavy (non-hydrogen) atoms. The predicted molar refractivity (Wildman–Crippen MR) is 58.1 cm³/mol. The van der Waals surface area contributed by atoms with Gasteiger partial charge in [-0.25, -0.2) is 0 Å². The van der Waals surface area contributed by atoms with Gasteiger partial charge in [-0.2, -0.15) is 0 Å². The van der Waals surface area contributed by atoms with E-state index in [4.69, 9.17) is 10.3 Å². The second kappa shape index (κ2) is 4.77. The van der Waals surface area contributed by atoms with Gasteiger partial charge >= 0.3 is 0 Å². The van der Waals surface area contributed by atoms with Crippen LogP contribution in [0, 0.1) is 5.92 Å². The highest BCUT2D eigenvalue weighted by Gasteiger charge is 2.19. The van der Waals surface area contributed by atoms with Crippen LogP contribution in [0.15, 0.2) is 10.6 Å². The van der Waals surface area contributed by atoms with Crippen molar-refractivity contribution in [3.63, 3.8) is 0 Å². The van der Waals surface area contributed by atoms with Crippen molar-refractivity contribution in [3.05, 3.63) is 17.5 Å². The molecular weight excluding hydrogens is 190 g/mol. The molecular formula is C11H19N3O. The van der Waals surface area contributed by atoms with Crippen molar-refractivity contribution in [2.75, 3.05) is 13.6 Å². The summed E-state index contributed by atoms with van der Waals surface area (Å²) in [5.74, 6) is 1.81. The normalized spacial score (nSPS) is 17.0. The first-order valence-corrected chi connectivity index (χ1v) is 5.61. The predicted octanol–water partition coefficient (Wildman–Crippen LogP) is 1.37. The lowest BCUT2D eigenvalue weighted by molar-refractivity contribution is 0.186. The van der Waals surface area contributed by atoms with Crippen LogP contribution >= 0.6 is 0 Å². The molecule has 1 aromatic heterocycles. The molecule has 4 nitrogen and oxygen atoms in total. The van der Waals surface area contributed by atoms with E-state index in [2.05, 4.69) is 17.1 Å². The van der Waals surface area contributed by atoms with Crippen molar-refractivity contribution < 1.29 is 4.52 Å². The molecule has 1 heterocycles. The minimum absolute atomic E-state index is 0.454. The van der Waals surface area contributed by atoms with Crippen LogP contribution in [0.25, 0.3) is 0 Å². The Hall–Kier alpha value is -0.870. The van der Waals surface area contributed by atoms with E-state index in [0.717, 1.165) is 23.9 Å². The summed E-state index contributed by atoms with van der Waals surface area (Å²) >= 11 is 0. The van der Waals surface area contributed by atoms with Gasteiger partial charge in [0.1, 0.15) is 0 Å². The fraction of sp³-hybridized carbons (Fsp3) is 0.727. The second-order valence-corrected chi connectivity index (χ2v) is 4.48. The summed E-state index contributed by atoms with van der Waals surface area (Å²) in [6.07, 6.45) is 4.17. The van der Waals surface area contributed by atoms with Crippen LogP contribution in [-0.2, 0) is 13.1 Å². The van der Waals surface area contributed by atoms with Gasteiger partial charge in [0.25, 0.3) is 0 Å². The lowest BCUT2D eigenvalue weighted by Gasteiger charge is -2.29. The lowest BCUT2D eigenvalue weighted by Crippen LogP contribution is -2.28. The van der Waals surface area contributed by atoms with Crippen LogP contribution in [0.5, 0.6) is 0 Å². The third-order valence-electron chi connectivity index (χ3n) is 3.04. The Labute approximate surface area is 90.4 Å². The van der Waals surface area contributed by atoms with Gasteiger partial charge in [0.05, 0.1) is 12.2 Å². The molecule has 1 aliphatic carbocycles. The lowest BCUT2D eigenvalue weighted by atomic mass is 9.85. The monoisotopic (exact) mass is 209 g/mol. The topological polar surface area (TPSA) is 55.3 Å². The molecule has 2 rings (SSSR count). The number of nitrogens with zero attached hydrogens (tertiary/aromatic N) is 2. The van der Waals surface area contributed by atoms with E-state index in [0.29, 0.717) is 6.54 Å². The number of rotatable bonds is 5. The zero-order valence-corrected chi connectivity index (χ0v) is 9.28. The Bertz CT molecular complexity index is 307. The molecule has 0 aromatic carbocycles. The van der Waals surface area contributed by atoms with Crippen LogP contribution in [-0.4, -0.2) is 23.6 Å². The Morgan fingerprint density at radius 1 is 1.60 bits per heavy atom. The maximum Gasteiger partial charge on any atom is 0.151 e. The SMILES string of the molecule is CN(Cc1cc(CN)no1)CC1CCC1. The standard InChI is InChI=1S/C11H19N3O/c1-14(7-9-3-2-4-9)8-11-5-10(6-12)13-15-11/h5,9H,2-4,6-8,12H2,1H3. The Morgan fingerprint density at radius 2 is 2.40 bits per heavy atom. The maximum absolute atomic E-state index is 5.47. The van der Waals surface area contributed by atoms with Gasteiger partial charge in [0, 0.05) is 19.2 Å². The highest BCUT2D eigenvalue weighted by molar-refractivity contribution is 5.04. The first kappa shape index (κ1) is 10.6. The van der Waals surface area contributed by atoms with E-state index in [1.54, 1.807) is 0 Å². The summed E-state index contributed by atoms with van der Waals surface area (Å²) in [5, 5.41) is 3.87. The van der Waals surface area contributed by atoms with Gasteiger partial charge < -0.3 is 10.3 Å². The van der Waals surface area contributed by atoms with Crippen molar-refractivity contribution in [1.29, 1.82) is 0 Å². The number of hydrogen-bond acceptors (Lipinski definition) is 4. The van der Waals surface area contributed by atoms with Crippen molar-refractivity contribution >= 4 is 0 Å². The van der Waals surface area contributed by atoms with Crippen LogP contribution < -0.4 is 5.73 Å². The highest BCUT2D eigenvalue weighted by atomic mass is 16.5. The molecule has 1 aromatic rings. The summed E-state index contributed by atoms with van der Waals surface area (Å²) in [4.78, 5) is 2.30. The van der Waals surface area contributed by atoms with Gasteiger partial charge in [0.15, 0.2) is 5.76 Å². The third-order valence-corrected chi connectivity index (χ3v) is 3.04. The Balaban J connectivity index is 1.79. The van der Waals surface area contributed by atoms with E-state index >= 15 is 0 Å². The molecule has 84 valence electrons. The van der Waals surface area contributed by atoms with Crippen LogP contribution in [0.3, 0.4) is 0 Å². The molecule has 0 radical (unpaired) electrons. The minimum Gasteiger partial charge on any atom is -0.360 e. The minimum atomic E-state index is 0.454. The average molecular weight is 209 g/mol. The Kier molecular flexibility index (Phi) is 3.38. The van der Waals surface area contributed by atoms with Gasteiger partial charge in [-0.15, -0.1) is 0 Å². The number of aromatic nitrogens is 1. The summed E-state index contributed by atoms with van der Waals surface area (Å²) in [7, 11) is 2.13. The van der Waals surface area contributed by atoms with E-state index in [1.807, 2.05) is 6.07 Å². The van der Waals surface area contributed by atoms with E-state index < -0.39 is 0 Å². The molecule has 0 atom stereocenters. The smallest absolute Gasteiger partial charge is 0.151 e. The van der Waals surface area contributed by atoms with E-state index in [-0.39, 0.29) is 0 Å². The maximum atomic E-state index is 5.47. The molecule has 0 spiro atoms. The summed E-state index contributed by atoms with van der Waals surface area (Å²) in [5.41, 5.74) is 6.30. The Morgan fingerprint density at radius 3 is 2.93 bits per heavy atom. The van der Waals surface area contributed by atoms with Gasteiger partial charge in [-0.1, -0.05) is 11.6 Å². The molecule has 0 saturated heterocycles. The fourth-order valence-electron chi connectivity index (χ4n) is 1.97. The van der Waals surface area contributed by atoms with E-state index in [1.165, 1.54) is 25.8 Å². The zero-order chi connectivity index (χ0) is 10.7. The third kappa shape index (κ3) is 2.79. The zero-order valence-electron chi connectivity index (χ0n) is 9.28. The number of hydrogen-bond donors (Lipinski definition) is 1. The van der Waals surface area contributed by atoms with Crippen molar-refractivity contribution in [2.24, 2.45) is 11.7 Å². The largest absolute Gasteiger partial charge is 0.360 e. The fourth-order valence-corrected chi connectivity index (χ4v) is 1.97. The molecule has 0 unspecified atom stereocenters. The number of nitrogens with two attached hydrogens (primary N) is 1. The molecule has 0 bridgehead atoms. The molecule has 2 N–H and O–H groups in total. The molecule has 0 aliphatic heterocycles. The second-order valence-electron chi connectivity index (χ2n) is 4.48. The van der Waals surface area contributed by atoms with Gasteiger partial charge in [0.2, 0.25) is 0 Å². The summed E-state index contributed by atoms with van der Waals surface area (Å²) in [6, 6.07) is 1.94. The van der Waals surface area contributed by atoms with Crippen molar-refractivity contribution in [3.8, 4) is 0 Å². The van der Waals surface area contributed by atoms with Gasteiger partial charge in [-0.05, 0) is 25.8 Å².